The zero-order valence-corrected chi connectivity index (χ0v) is 8.12. The first kappa shape index (κ1) is 10.8. The molecule has 66 valence electrons. The standard InChI is InChI=1S/C7H16N2OS/c1-6(2)7(10)8-4-5-9-11-3/h6,9H,4-5H2,1-3H3,(H,8,10). The molecule has 0 aliphatic rings. The van der Waals surface area contributed by atoms with Gasteiger partial charge in [-0.15, -0.1) is 0 Å². The molecule has 0 bridgehead atoms. The SMILES string of the molecule is CSNCCNC(=O)C(C)C. The minimum Gasteiger partial charge on any atom is -0.355 e. The highest BCUT2D eigenvalue weighted by atomic mass is 32.2. The lowest BCUT2D eigenvalue weighted by molar-refractivity contribution is -0.123. The van der Waals surface area contributed by atoms with E-state index < -0.39 is 0 Å². The van der Waals surface area contributed by atoms with Gasteiger partial charge in [0.15, 0.2) is 0 Å². The third-order valence-corrected chi connectivity index (χ3v) is 1.69. The van der Waals surface area contributed by atoms with E-state index in [-0.39, 0.29) is 11.8 Å². The summed E-state index contributed by atoms with van der Waals surface area (Å²) in [7, 11) is 0. The highest BCUT2D eigenvalue weighted by Crippen LogP contribution is 1.89. The number of rotatable bonds is 5. The smallest absolute Gasteiger partial charge is 0.222 e. The van der Waals surface area contributed by atoms with Gasteiger partial charge in [-0.1, -0.05) is 25.8 Å². The predicted molar refractivity (Wildman–Crippen MR) is 49.4 cm³/mol. The minimum absolute atomic E-state index is 0.0873. The lowest BCUT2D eigenvalue weighted by Crippen LogP contribution is -2.32. The Morgan fingerprint density at radius 2 is 2.09 bits per heavy atom. The van der Waals surface area contributed by atoms with Gasteiger partial charge in [-0.25, -0.2) is 0 Å². The maximum absolute atomic E-state index is 11.0. The number of hydrogen-bond acceptors (Lipinski definition) is 3. The summed E-state index contributed by atoms with van der Waals surface area (Å²) in [4.78, 5) is 11.0. The molecule has 0 fully saturated rings. The van der Waals surface area contributed by atoms with Crippen molar-refractivity contribution in [2.45, 2.75) is 13.8 Å². The normalized spacial score (nSPS) is 10.2. The Kier molecular flexibility index (Phi) is 6.36. The van der Waals surface area contributed by atoms with Crippen LogP contribution in [-0.2, 0) is 4.79 Å². The van der Waals surface area contributed by atoms with Crippen LogP contribution in [0.15, 0.2) is 0 Å². The van der Waals surface area contributed by atoms with Gasteiger partial charge in [0.2, 0.25) is 5.91 Å². The lowest BCUT2D eigenvalue weighted by atomic mass is 10.2. The topological polar surface area (TPSA) is 41.1 Å². The Hall–Kier alpha value is -0.220. The van der Waals surface area contributed by atoms with Crippen molar-refractivity contribution in [1.29, 1.82) is 0 Å². The van der Waals surface area contributed by atoms with Crippen LogP contribution in [-0.4, -0.2) is 25.3 Å². The van der Waals surface area contributed by atoms with Crippen LogP contribution in [0, 0.1) is 5.92 Å². The maximum Gasteiger partial charge on any atom is 0.222 e. The molecule has 0 rings (SSSR count). The molecule has 0 spiro atoms. The van der Waals surface area contributed by atoms with E-state index >= 15 is 0 Å². The predicted octanol–water partition coefficient (Wildman–Crippen LogP) is 0.626. The van der Waals surface area contributed by atoms with Crippen LogP contribution in [0.2, 0.25) is 0 Å². The zero-order valence-electron chi connectivity index (χ0n) is 7.31. The molecule has 0 aliphatic heterocycles. The van der Waals surface area contributed by atoms with Crippen LogP contribution in [0.4, 0.5) is 0 Å². The first-order valence-electron chi connectivity index (χ1n) is 3.72. The molecule has 0 aliphatic carbocycles. The van der Waals surface area contributed by atoms with Gasteiger partial charge >= 0.3 is 0 Å². The molecule has 2 N–H and O–H groups in total. The van der Waals surface area contributed by atoms with Crippen LogP contribution in [0.5, 0.6) is 0 Å². The fraction of sp³-hybridized carbons (Fsp3) is 0.857. The van der Waals surface area contributed by atoms with E-state index in [1.54, 1.807) is 11.9 Å². The zero-order chi connectivity index (χ0) is 8.69. The third-order valence-electron chi connectivity index (χ3n) is 1.20. The molecule has 0 heterocycles. The lowest BCUT2D eigenvalue weighted by Gasteiger charge is -2.06. The molecule has 0 saturated heterocycles. The van der Waals surface area contributed by atoms with Gasteiger partial charge in [0.05, 0.1) is 0 Å². The van der Waals surface area contributed by atoms with Gasteiger partial charge in [-0.2, -0.15) is 0 Å². The van der Waals surface area contributed by atoms with Crippen molar-refractivity contribution >= 4 is 17.9 Å². The number of amides is 1. The molecular weight excluding hydrogens is 160 g/mol. The van der Waals surface area contributed by atoms with Crippen LogP contribution in [0.1, 0.15) is 13.8 Å². The largest absolute Gasteiger partial charge is 0.355 e. The summed E-state index contributed by atoms with van der Waals surface area (Å²) in [6.07, 6.45) is 1.96. The van der Waals surface area contributed by atoms with Gasteiger partial charge in [0.1, 0.15) is 0 Å². The molecule has 0 aromatic heterocycles. The van der Waals surface area contributed by atoms with Crippen molar-refractivity contribution in [2.24, 2.45) is 5.92 Å². The van der Waals surface area contributed by atoms with Crippen molar-refractivity contribution in [3.63, 3.8) is 0 Å². The molecule has 0 aromatic carbocycles. The molecule has 0 unspecified atom stereocenters. The second kappa shape index (κ2) is 6.49. The summed E-state index contributed by atoms with van der Waals surface area (Å²) in [5.41, 5.74) is 0. The molecule has 0 radical (unpaired) electrons. The van der Waals surface area contributed by atoms with Crippen LogP contribution in [0.25, 0.3) is 0 Å². The number of nitrogens with one attached hydrogen (secondary N) is 2. The Labute approximate surface area is 72.4 Å². The molecule has 11 heavy (non-hydrogen) atoms. The van der Waals surface area contributed by atoms with Crippen molar-refractivity contribution < 1.29 is 4.79 Å². The Balaban J connectivity index is 3.18. The fourth-order valence-electron chi connectivity index (χ4n) is 0.543. The van der Waals surface area contributed by atoms with Gasteiger partial charge in [0.25, 0.3) is 0 Å². The first-order chi connectivity index (χ1) is 5.18. The molecule has 0 atom stereocenters. The highest BCUT2D eigenvalue weighted by molar-refractivity contribution is 7.96. The van der Waals surface area contributed by atoms with Gasteiger partial charge < -0.3 is 5.32 Å². The summed E-state index contributed by atoms with van der Waals surface area (Å²) in [6, 6.07) is 0. The van der Waals surface area contributed by atoms with E-state index in [0.29, 0.717) is 6.54 Å². The molecule has 1 amide bonds. The molecule has 3 nitrogen and oxygen atoms in total. The molecule has 0 aromatic rings. The Morgan fingerprint density at radius 3 is 2.55 bits per heavy atom. The van der Waals surface area contributed by atoms with Gasteiger partial charge in [0, 0.05) is 19.0 Å². The monoisotopic (exact) mass is 176 g/mol. The van der Waals surface area contributed by atoms with Crippen LogP contribution in [0.3, 0.4) is 0 Å². The maximum atomic E-state index is 11.0. The molecular formula is C7H16N2OS. The number of carbonyl (C=O) groups excluding carboxylic acids is 1. The van der Waals surface area contributed by atoms with E-state index in [0.717, 1.165) is 6.54 Å². The summed E-state index contributed by atoms with van der Waals surface area (Å²) in [5, 5.41) is 2.80. The van der Waals surface area contributed by atoms with Gasteiger partial charge in [-0.05, 0) is 6.26 Å². The van der Waals surface area contributed by atoms with Gasteiger partial charge in [-0.3, -0.25) is 9.52 Å². The summed E-state index contributed by atoms with van der Waals surface area (Å²) < 4.78 is 3.04. The Morgan fingerprint density at radius 1 is 1.45 bits per heavy atom. The third kappa shape index (κ3) is 6.19. The Bertz CT molecular complexity index is 117. The van der Waals surface area contributed by atoms with Crippen molar-refractivity contribution in [2.75, 3.05) is 19.3 Å². The van der Waals surface area contributed by atoms with Crippen molar-refractivity contribution in [3.8, 4) is 0 Å². The second-order valence-electron chi connectivity index (χ2n) is 2.54. The van der Waals surface area contributed by atoms with Crippen molar-refractivity contribution in [1.82, 2.24) is 10.0 Å². The van der Waals surface area contributed by atoms with Crippen molar-refractivity contribution in [3.05, 3.63) is 0 Å². The summed E-state index contributed by atoms with van der Waals surface area (Å²) in [5.74, 6) is 0.206. The fourth-order valence-corrected chi connectivity index (χ4v) is 0.849. The van der Waals surface area contributed by atoms with E-state index in [1.165, 1.54) is 0 Å². The quantitative estimate of drug-likeness (QED) is 0.477. The van der Waals surface area contributed by atoms with E-state index in [9.17, 15) is 4.79 Å². The first-order valence-corrected chi connectivity index (χ1v) is 4.94. The summed E-state index contributed by atoms with van der Waals surface area (Å²) in [6.45, 7) is 5.30. The summed E-state index contributed by atoms with van der Waals surface area (Å²) >= 11 is 1.56. The minimum atomic E-state index is 0.0873. The molecule has 0 saturated carbocycles. The van der Waals surface area contributed by atoms with Crippen LogP contribution < -0.4 is 10.0 Å². The average molecular weight is 176 g/mol. The number of hydrogen-bond donors (Lipinski definition) is 2. The van der Waals surface area contributed by atoms with E-state index in [4.69, 9.17) is 0 Å². The van der Waals surface area contributed by atoms with Crippen LogP contribution >= 0.6 is 11.9 Å². The second-order valence-corrected chi connectivity index (χ2v) is 3.24. The van der Waals surface area contributed by atoms with E-state index in [1.807, 2.05) is 20.1 Å². The van der Waals surface area contributed by atoms with E-state index in [2.05, 4.69) is 10.0 Å². The number of carbonyl (C=O) groups is 1. The highest BCUT2D eigenvalue weighted by Gasteiger charge is 2.03. The average Bonchev–Trinajstić information content (AvgIpc) is 1.97. The molecule has 4 heteroatoms.